The van der Waals surface area contributed by atoms with Crippen LogP contribution in [0, 0.1) is 13.8 Å². The van der Waals surface area contributed by atoms with E-state index in [0.717, 1.165) is 22.0 Å². The molecule has 0 amide bonds. The second-order valence-electron chi connectivity index (χ2n) is 4.92. The summed E-state index contributed by atoms with van der Waals surface area (Å²) in [5.41, 5.74) is 2.96. The Balaban J connectivity index is 0.00000161. The maximum Gasteiger partial charge on any atom is 0.268 e. The zero-order valence-corrected chi connectivity index (χ0v) is 14.3. The third-order valence-corrected chi connectivity index (χ3v) is 5.27. The van der Waals surface area contributed by atoms with Gasteiger partial charge in [0.15, 0.2) is 0 Å². The molecule has 0 unspecified atom stereocenters. The molecule has 0 atom stereocenters. The highest BCUT2D eigenvalue weighted by atomic mass is 79.9. The number of hydrogen-bond donors (Lipinski definition) is 0. The van der Waals surface area contributed by atoms with Crippen LogP contribution in [0.4, 0.5) is 0 Å². The molecule has 0 radical (unpaired) electrons. The van der Waals surface area contributed by atoms with Gasteiger partial charge in [0.25, 0.3) is 10.0 Å². The third kappa shape index (κ3) is 2.63. The summed E-state index contributed by atoms with van der Waals surface area (Å²) in [6.07, 6.45) is 1.62. The van der Waals surface area contributed by atoms with Gasteiger partial charge in [-0.2, -0.15) is 0 Å². The molecule has 1 heterocycles. The first-order valence-corrected chi connectivity index (χ1v) is 7.83. The fraction of sp³-hybridized carbons (Fsp3) is 0.125. The molecule has 0 fully saturated rings. The van der Waals surface area contributed by atoms with Gasteiger partial charge in [-0.3, -0.25) is 0 Å². The van der Waals surface area contributed by atoms with E-state index < -0.39 is 10.0 Å². The summed E-state index contributed by atoms with van der Waals surface area (Å²) in [7, 11) is -3.54. The van der Waals surface area contributed by atoms with Crippen LogP contribution in [-0.2, 0) is 10.0 Å². The van der Waals surface area contributed by atoms with Crippen molar-refractivity contribution >= 4 is 37.9 Å². The fourth-order valence-electron chi connectivity index (χ4n) is 2.29. The van der Waals surface area contributed by atoms with E-state index >= 15 is 0 Å². The van der Waals surface area contributed by atoms with Crippen LogP contribution in [0.25, 0.3) is 10.9 Å². The topological polar surface area (TPSA) is 39.1 Å². The Morgan fingerprint density at radius 2 is 1.52 bits per heavy atom. The van der Waals surface area contributed by atoms with Gasteiger partial charge in [-0.15, -0.1) is 17.0 Å². The molecule has 0 spiro atoms. The van der Waals surface area contributed by atoms with Crippen molar-refractivity contribution in [2.24, 2.45) is 0 Å². The van der Waals surface area contributed by atoms with Gasteiger partial charge >= 0.3 is 0 Å². The normalized spacial score (nSPS) is 11.3. The highest BCUT2D eigenvalue weighted by Crippen LogP contribution is 2.24. The molecule has 0 saturated heterocycles. The van der Waals surface area contributed by atoms with Crippen LogP contribution in [0.15, 0.2) is 59.6 Å². The van der Waals surface area contributed by atoms with Gasteiger partial charge in [-0.1, -0.05) is 18.2 Å². The average Bonchev–Trinajstić information content (AvgIpc) is 2.84. The van der Waals surface area contributed by atoms with Crippen molar-refractivity contribution < 1.29 is 8.42 Å². The van der Waals surface area contributed by atoms with Crippen LogP contribution in [0.5, 0.6) is 0 Å². The summed E-state index contributed by atoms with van der Waals surface area (Å²) < 4.78 is 26.7. The van der Waals surface area contributed by atoms with Crippen molar-refractivity contribution in [1.82, 2.24) is 3.97 Å². The van der Waals surface area contributed by atoms with Crippen LogP contribution in [0.2, 0.25) is 0 Å². The van der Waals surface area contributed by atoms with Crippen LogP contribution in [0.3, 0.4) is 0 Å². The Morgan fingerprint density at radius 3 is 2.19 bits per heavy atom. The Bertz CT molecular complexity index is 883. The predicted octanol–water partition coefficient (Wildman–Crippen LogP) is 4.07. The molecular formula is C16H16BrNO2S. The monoisotopic (exact) mass is 365 g/mol. The lowest BCUT2D eigenvalue weighted by molar-refractivity contribution is 0.589. The van der Waals surface area contributed by atoms with Gasteiger partial charge in [0, 0.05) is 11.6 Å². The number of nitrogens with zero attached hydrogens (tertiary/aromatic N) is 1. The van der Waals surface area contributed by atoms with E-state index in [2.05, 4.69) is 0 Å². The zero-order valence-electron chi connectivity index (χ0n) is 11.8. The highest BCUT2D eigenvalue weighted by Gasteiger charge is 2.18. The van der Waals surface area contributed by atoms with E-state index in [1.807, 2.05) is 32.0 Å². The molecule has 5 heteroatoms. The lowest BCUT2D eigenvalue weighted by Crippen LogP contribution is -2.11. The lowest BCUT2D eigenvalue weighted by Gasteiger charge is -2.08. The standard InChI is InChI=1S/C16H15NO2S.BrH/c1-12-10-14-8-9-17(16(14)11-13(12)2)20(18,19)15-6-4-3-5-7-15;/h3-11H,1-2H3;1H. The lowest BCUT2D eigenvalue weighted by atomic mass is 10.1. The van der Waals surface area contributed by atoms with Crippen molar-refractivity contribution in [3.05, 3.63) is 65.9 Å². The Morgan fingerprint density at radius 1 is 0.905 bits per heavy atom. The highest BCUT2D eigenvalue weighted by molar-refractivity contribution is 8.93. The molecule has 110 valence electrons. The molecule has 0 bridgehead atoms. The van der Waals surface area contributed by atoms with Gasteiger partial charge in [-0.25, -0.2) is 12.4 Å². The van der Waals surface area contributed by atoms with Crippen LogP contribution in [-0.4, -0.2) is 12.4 Å². The molecule has 1 aromatic heterocycles. The van der Waals surface area contributed by atoms with Gasteiger partial charge in [0.1, 0.15) is 0 Å². The molecule has 2 aromatic carbocycles. The maximum absolute atomic E-state index is 12.7. The molecular weight excluding hydrogens is 350 g/mol. The van der Waals surface area contributed by atoms with Crippen molar-refractivity contribution in [1.29, 1.82) is 0 Å². The first kappa shape index (κ1) is 15.8. The van der Waals surface area contributed by atoms with Crippen molar-refractivity contribution in [3.63, 3.8) is 0 Å². The molecule has 0 saturated carbocycles. The minimum absolute atomic E-state index is 0. The SMILES string of the molecule is Br.Cc1cc2ccn(S(=O)(=O)c3ccccc3)c2cc1C. The molecule has 0 aliphatic carbocycles. The number of rotatable bonds is 2. The molecule has 3 rings (SSSR count). The number of benzene rings is 2. The molecule has 3 aromatic rings. The quantitative estimate of drug-likeness (QED) is 0.686. The second-order valence-corrected chi connectivity index (χ2v) is 6.74. The largest absolute Gasteiger partial charge is 0.268 e. The fourth-order valence-corrected chi connectivity index (χ4v) is 3.66. The average molecular weight is 366 g/mol. The first-order valence-electron chi connectivity index (χ1n) is 6.39. The van der Waals surface area contributed by atoms with E-state index in [1.54, 1.807) is 36.5 Å². The Hall–Kier alpha value is -1.59. The van der Waals surface area contributed by atoms with Gasteiger partial charge in [-0.05, 0) is 55.3 Å². The van der Waals surface area contributed by atoms with Crippen molar-refractivity contribution in [2.75, 3.05) is 0 Å². The first-order chi connectivity index (χ1) is 9.50. The van der Waals surface area contributed by atoms with Crippen molar-refractivity contribution in [2.45, 2.75) is 18.7 Å². The van der Waals surface area contributed by atoms with Gasteiger partial charge in [0.2, 0.25) is 0 Å². The molecule has 0 aliphatic rings. The van der Waals surface area contributed by atoms with Gasteiger partial charge < -0.3 is 0 Å². The van der Waals surface area contributed by atoms with Crippen LogP contribution in [0.1, 0.15) is 11.1 Å². The maximum atomic E-state index is 12.7. The van der Waals surface area contributed by atoms with E-state index in [4.69, 9.17) is 0 Å². The van der Waals surface area contributed by atoms with Crippen molar-refractivity contribution in [3.8, 4) is 0 Å². The second kappa shape index (κ2) is 5.66. The van der Waals surface area contributed by atoms with E-state index in [1.165, 1.54) is 3.97 Å². The third-order valence-electron chi connectivity index (χ3n) is 3.57. The minimum Gasteiger partial charge on any atom is -0.241 e. The minimum atomic E-state index is -3.54. The smallest absolute Gasteiger partial charge is 0.241 e. The van der Waals surface area contributed by atoms with Crippen LogP contribution < -0.4 is 0 Å². The number of aryl methyl sites for hydroxylation is 2. The Kier molecular flexibility index (Phi) is 4.25. The predicted molar refractivity (Wildman–Crippen MR) is 90.8 cm³/mol. The van der Waals surface area contributed by atoms with Gasteiger partial charge in [0.05, 0.1) is 10.4 Å². The number of halogens is 1. The summed E-state index contributed by atoms with van der Waals surface area (Å²) in [5, 5.41) is 0.938. The summed E-state index contributed by atoms with van der Waals surface area (Å²) in [4.78, 5) is 0.302. The number of fused-ring (bicyclic) bond motifs is 1. The van der Waals surface area contributed by atoms with E-state index in [9.17, 15) is 8.42 Å². The molecule has 21 heavy (non-hydrogen) atoms. The molecule has 0 aliphatic heterocycles. The molecule has 3 nitrogen and oxygen atoms in total. The summed E-state index contributed by atoms with van der Waals surface area (Å²) >= 11 is 0. The zero-order chi connectivity index (χ0) is 14.3. The van der Waals surface area contributed by atoms with E-state index in [-0.39, 0.29) is 17.0 Å². The number of hydrogen-bond acceptors (Lipinski definition) is 2. The molecule has 0 N–H and O–H groups in total. The van der Waals surface area contributed by atoms with Crippen LogP contribution >= 0.6 is 17.0 Å². The summed E-state index contributed by atoms with van der Waals surface area (Å²) in [6, 6.07) is 14.3. The number of aromatic nitrogens is 1. The summed E-state index contributed by atoms with van der Waals surface area (Å²) in [6.45, 7) is 4.01. The Labute approximate surface area is 135 Å². The van der Waals surface area contributed by atoms with E-state index in [0.29, 0.717) is 4.90 Å². The summed E-state index contributed by atoms with van der Waals surface area (Å²) in [5.74, 6) is 0.